The predicted octanol–water partition coefficient (Wildman–Crippen LogP) is 4.13. The zero-order valence-electron chi connectivity index (χ0n) is 12.0. The zero-order valence-corrected chi connectivity index (χ0v) is 15.3. The number of hydrogen-bond acceptors (Lipinski definition) is 9. The van der Waals surface area contributed by atoms with Gasteiger partial charge in [0.15, 0.2) is 0 Å². The monoisotopic (exact) mass is 382 g/mol. The number of thiocarbonyl (C=S) groups is 1. The van der Waals surface area contributed by atoms with Crippen LogP contribution in [-0.2, 0) is 14.2 Å². The minimum atomic E-state index is -0.364. The molecule has 0 aliphatic rings. The molecule has 0 unspecified atom stereocenters. The molecule has 0 aromatic rings. The van der Waals surface area contributed by atoms with Gasteiger partial charge in [0.2, 0.25) is 4.38 Å². The van der Waals surface area contributed by atoms with Crippen molar-refractivity contribution in [3.8, 4) is 0 Å². The molecule has 0 aliphatic heterocycles. The number of carbonyl (C=O) groups is 2. The Hall–Kier alpha value is -0.640. The minimum absolute atomic E-state index is 0.202. The highest BCUT2D eigenvalue weighted by Gasteiger charge is 2.06. The van der Waals surface area contributed by atoms with Crippen molar-refractivity contribution in [1.29, 1.82) is 0 Å². The van der Waals surface area contributed by atoms with Crippen LogP contribution in [0.5, 0.6) is 0 Å². The third-order valence-electron chi connectivity index (χ3n) is 1.68. The molecule has 0 saturated carbocycles. The van der Waals surface area contributed by atoms with Gasteiger partial charge in [-0.2, -0.15) is 0 Å². The lowest BCUT2D eigenvalue weighted by Gasteiger charge is -2.06. The second-order valence-electron chi connectivity index (χ2n) is 3.34. The largest absolute Gasteiger partial charge is 0.478 e. The first-order valence-corrected chi connectivity index (χ1v) is 9.57. The van der Waals surface area contributed by atoms with Gasteiger partial charge in [0, 0.05) is 17.3 Å². The number of rotatable bonds is 10. The van der Waals surface area contributed by atoms with Gasteiger partial charge in [0.05, 0.1) is 6.61 Å². The van der Waals surface area contributed by atoms with E-state index in [1.165, 1.54) is 23.9 Å². The van der Waals surface area contributed by atoms with Crippen molar-refractivity contribution in [1.82, 2.24) is 0 Å². The van der Waals surface area contributed by atoms with Crippen LogP contribution in [0, 0.1) is 0 Å². The van der Waals surface area contributed by atoms with Gasteiger partial charge < -0.3 is 14.2 Å². The highest BCUT2D eigenvalue weighted by Crippen LogP contribution is 2.13. The standard InChI is InChI=1S/C13H18O5S4/c1-3-5-16-11(14)20-8-7-18-13(19)22-10-9-21-12(15)17-6-4-2/h3-4H,1-2,5-10H2. The fourth-order valence-electron chi connectivity index (χ4n) is 0.879. The van der Waals surface area contributed by atoms with Crippen molar-refractivity contribution < 1.29 is 23.8 Å². The molecule has 0 saturated heterocycles. The highest BCUT2D eigenvalue weighted by molar-refractivity contribution is 8.23. The average Bonchev–Trinajstić information content (AvgIpc) is 2.51. The summed E-state index contributed by atoms with van der Waals surface area (Å²) in [6.45, 7) is 7.65. The Bertz CT molecular complexity index is 353. The Labute approximate surface area is 148 Å². The number of thioether (sulfide) groups is 3. The van der Waals surface area contributed by atoms with Gasteiger partial charge in [-0.25, -0.2) is 9.59 Å². The second kappa shape index (κ2) is 15.3. The van der Waals surface area contributed by atoms with Gasteiger partial charge in [0.25, 0.3) is 0 Å². The molecule has 0 spiro atoms. The van der Waals surface area contributed by atoms with Gasteiger partial charge in [-0.15, -0.1) is 0 Å². The van der Waals surface area contributed by atoms with Crippen LogP contribution in [0.3, 0.4) is 0 Å². The first-order valence-electron chi connectivity index (χ1n) is 6.20. The summed E-state index contributed by atoms with van der Waals surface area (Å²) in [5.41, 5.74) is 0. The fourth-order valence-corrected chi connectivity index (χ4v) is 3.02. The Morgan fingerprint density at radius 1 is 0.864 bits per heavy atom. The predicted molar refractivity (Wildman–Crippen MR) is 99.0 cm³/mol. The molecule has 0 radical (unpaired) electrons. The summed E-state index contributed by atoms with van der Waals surface area (Å²) in [5.74, 6) is 1.67. The molecule has 5 nitrogen and oxygen atoms in total. The van der Waals surface area contributed by atoms with Crippen LogP contribution in [0.15, 0.2) is 25.3 Å². The summed E-state index contributed by atoms with van der Waals surface area (Å²) in [6.07, 6.45) is 3.02. The number of carbonyl (C=O) groups excluding carboxylic acids is 2. The number of ether oxygens (including phenoxy) is 3. The molecular weight excluding hydrogens is 364 g/mol. The maximum Gasteiger partial charge on any atom is 0.367 e. The van der Waals surface area contributed by atoms with Crippen LogP contribution in [-0.4, -0.2) is 52.1 Å². The Morgan fingerprint density at radius 3 is 1.91 bits per heavy atom. The first kappa shape index (κ1) is 21.4. The van der Waals surface area contributed by atoms with Gasteiger partial charge in [-0.05, 0) is 35.7 Å². The van der Waals surface area contributed by atoms with Crippen molar-refractivity contribution in [3.63, 3.8) is 0 Å². The lowest BCUT2D eigenvalue weighted by atomic mass is 10.7. The highest BCUT2D eigenvalue weighted by atomic mass is 32.2. The van der Waals surface area contributed by atoms with E-state index in [-0.39, 0.29) is 23.8 Å². The SMILES string of the molecule is C=CCOC(=O)SCCOC(=S)SCCSC(=O)OCC=C. The molecule has 0 aliphatic carbocycles. The topological polar surface area (TPSA) is 61.8 Å². The molecule has 0 bridgehead atoms. The Kier molecular flexibility index (Phi) is 14.8. The average molecular weight is 383 g/mol. The first-order chi connectivity index (χ1) is 10.6. The molecule has 124 valence electrons. The van der Waals surface area contributed by atoms with E-state index in [0.717, 1.165) is 23.5 Å². The molecule has 0 aromatic carbocycles. The van der Waals surface area contributed by atoms with Crippen molar-refractivity contribution in [3.05, 3.63) is 25.3 Å². The van der Waals surface area contributed by atoms with Gasteiger partial charge in [0.1, 0.15) is 13.2 Å². The molecule has 0 aromatic heterocycles. The lowest BCUT2D eigenvalue weighted by molar-refractivity contribution is 0.187. The summed E-state index contributed by atoms with van der Waals surface area (Å²) in [5, 5.41) is -0.696. The molecule has 0 amide bonds. The molecule has 0 fully saturated rings. The van der Waals surface area contributed by atoms with E-state index in [1.54, 1.807) is 0 Å². The molecule has 0 N–H and O–H groups in total. The summed E-state index contributed by atoms with van der Waals surface area (Å²) >= 11 is 8.45. The van der Waals surface area contributed by atoms with Gasteiger partial charge in [-0.1, -0.05) is 37.1 Å². The minimum Gasteiger partial charge on any atom is -0.478 e. The van der Waals surface area contributed by atoms with Gasteiger partial charge in [-0.3, -0.25) is 0 Å². The number of hydrogen-bond donors (Lipinski definition) is 0. The van der Waals surface area contributed by atoms with Gasteiger partial charge >= 0.3 is 10.6 Å². The van der Waals surface area contributed by atoms with E-state index in [1.807, 2.05) is 0 Å². The normalized spacial score (nSPS) is 9.64. The van der Waals surface area contributed by atoms with Crippen molar-refractivity contribution >= 4 is 62.5 Å². The van der Waals surface area contributed by atoms with Crippen molar-refractivity contribution in [2.75, 3.05) is 37.1 Å². The summed E-state index contributed by atoms with van der Waals surface area (Å²) in [6, 6.07) is 0. The maximum atomic E-state index is 11.2. The van der Waals surface area contributed by atoms with Crippen LogP contribution in [0.25, 0.3) is 0 Å². The molecule has 0 atom stereocenters. The third-order valence-corrected chi connectivity index (χ3v) is 4.66. The summed E-state index contributed by atoms with van der Waals surface area (Å²) in [7, 11) is 0. The smallest absolute Gasteiger partial charge is 0.367 e. The molecule has 9 heteroatoms. The molecular formula is C13H18O5S4. The fraction of sp³-hybridized carbons (Fsp3) is 0.462. The maximum absolute atomic E-state index is 11.2. The molecule has 0 heterocycles. The van der Waals surface area contributed by atoms with E-state index >= 15 is 0 Å². The zero-order chi connectivity index (χ0) is 16.6. The second-order valence-corrected chi connectivity index (χ2v) is 7.10. The Balaban J connectivity index is 3.46. The van der Waals surface area contributed by atoms with Crippen molar-refractivity contribution in [2.24, 2.45) is 0 Å². The van der Waals surface area contributed by atoms with Crippen LogP contribution < -0.4 is 0 Å². The van der Waals surface area contributed by atoms with E-state index in [2.05, 4.69) is 13.2 Å². The van der Waals surface area contributed by atoms with Crippen LogP contribution in [0.2, 0.25) is 0 Å². The molecule has 22 heavy (non-hydrogen) atoms. The Morgan fingerprint density at radius 2 is 1.36 bits per heavy atom. The van der Waals surface area contributed by atoms with E-state index in [9.17, 15) is 9.59 Å². The van der Waals surface area contributed by atoms with Crippen LogP contribution >= 0.6 is 47.5 Å². The van der Waals surface area contributed by atoms with Crippen LogP contribution in [0.4, 0.5) is 9.59 Å². The van der Waals surface area contributed by atoms with Crippen LogP contribution in [0.1, 0.15) is 0 Å². The lowest BCUT2D eigenvalue weighted by Crippen LogP contribution is -2.06. The third kappa shape index (κ3) is 14.3. The van der Waals surface area contributed by atoms with E-state index in [0.29, 0.717) is 28.2 Å². The van der Waals surface area contributed by atoms with E-state index < -0.39 is 0 Å². The summed E-state index contributed by atoms with van der Waals surface area (Å²) < 4.78 is 15.3. The summed E-state index contributed by atoms with van der Waals surface area (Å²) in [4.78, 5) is 22.3. The van der Waals surface area contributed by atoms with Crippen molar-refractivity contribution in [2.45, 2.75) is 0 Å². The van der Waals surface area contributed by atoms with E-state index in [4.69, 9.17) is 26.4 Å². The quantitative estimate of drug-likeness (QED) is 0.240. The molecule has 0 rings (SSSR count).